The van der Waals surface area contributed by atoms with Crippen LogP contribution in [-0.2, 0) is 4.79 Å². The Morgan fingerprint density at radius 3 is 2.95 bits per heavy atom. The Balaban J connectivity index is 0.00000176. The highest BCUT2D eigenvalue weighted by atomic mass is 35.5. The summed E-state index contributed by atoms with van der Waals surface area (Å²) in [4.78, 5) is 12.6. The predicted molar refractivity (Wildman–Crippen MR) is 89.7 cm³/mol. The molecule has 1 fully saturated rings. The zero-order chi connectivity index (χ0) is 14.7. The van der Waals surface area contributed by atoms with E-state index in [-0.39, 0.29) is 18.3 Å². The summed E-state index contributed by atoms with van der Waals surface area (Å²) in [6.07, 6.45) is 6.37. The Kier molecular flexibility index (Phi) is 5.21. The number of nitrogens with one attached hydrogen (secondary N) is 2. The molecule has 0 bridgehead atoms. The maximum absolute atomic E-state index is 12.6. The van der Waals surface area contributed by atoms with Crippen molar-refractivity contribution in [3.63, 3.8) is 0 Å². The average Bonchev–Trinajstić information content (AvgIpc) is 3.20. The fraction of sp³-hybridized carbons (Fsp3) is 0.375. The molecule has 2 aromatic rings. The number of hydrogen-bond donors (Lipinski definition) is 2. The van der Waals surface area contributed by atoms with E-state index in [0.29, 0.717) is 0 Å². The number of amides is 1. The van der Waals surface area contributed by atoms with Crippen LogP contribution in [-0.4, -0.2) is 27.8 Å². The van der Waals surface area contributed by atoms with Gasteiger partial charge in [0.05, 0.1) is 11.2 Å². The van der Waals surface area contributed by atoms with Crippen molar-refractivity contribution in [1.82, 2.24) is 15.1 Å². The second-order valence-electron chi connectivity index (χ2n) is 5.42. The summed E-state index contributed by atoms with van der Waals surface area (Å²) in [5.74, 6) is 0.0557. The van der Waals surface area contributed by atoms with E-state index in [9.17, 15) is 4.79 Å². The molecule has 0 radical (unpaired) electrons. The molecule has 2 N–H and O–H groups in total. The number of rotatable bonds is 4. The second-order valence-corrected chi connectivity index (χ2v) is 5.42. The lowest BCUT2D eigenvalue weighted by atomic mass is 9.93. The SMILES string of the molecule is CCC1(C(=O)Nc2cccc(-n3cccn3)c2)CCCN1.Cl. The number of carbonyl (C=O) groups is 1. The lowest BCUT2D eigenvalue weighted by Gasteiger charge is -2.26. The van der Waals surface area contributed by atoms with Crippen LogP contribution in [0.3, 0.4) is 0 Å². The van der Waals surface area contributed by atoms with Crippen LogP contribution in [0.15, 0.2) is 42.7 Å². The molecular weight excluding hydrogens is 300 g/mol. The summed E-state index contributed by atoms with van der Waals surface area (Å²) in [5.41, 5.74) is 1.32. The van der Waals surface area contributed by atoms with Crippen molar-refractivity contribution in [1.29, 1.82) is 0 Å². The van der Waals surface area contributed by atoms with Crippen LogP contribution in [0.25, 0.3) is 5.69 Å². The molecule has 118 valence electrons. The normalized spacial score (nSPS) is 20.4. The van der Waals surface area contributed by atoms with Gasteiger partial charge in [0.1, 0.15) is 0 Å². The first-order valence-electron chi connectivity index (χ1n) is 7.40. The Morgan fingerprint density at radius 1 is 1.45 bits per heavy atom. The Hall–Kier alpha value is -1.85. The van der Waals surface area contributed by atoms with E-state index in [1.165, 1.54) is 0 Å². The summed E-state index contributed by atoms with van der Waals surface area (Å²) in [7, 11) is 0. The van der Waals surface area contributed by atoms with Gasteiger partial charge in [0, 0.05) is 18.1 Å². The molecule has 1 atom stereocenters. The second kappa shape index (κ2) is 6.94. The summed E-state index contributed by atoms with van der Waals surface area (Å²) in [6.45, 7) is 2.96. The quantitative estimate of drug-likeness (QED) is 0.910. The number of anilines is 1. The van der Waals surface area contributed by atoms with Crippen molar-refractivity contribution in [2.75, 3.05) is 11.9 Å². The molecule has 22 heavy (non-hydrogen) atoms. The molecule has 3 rings (SSSR count). The van der Waals surface area contributed by atoms with Gasteiger partial charge < -0.3 is 10.6 Å². The van der Waals surface area contributed by atoms with Crippen LogP contribution in [0.5, 0.6) is 0 Å². The molecule has 6 heteroatoms. The predicted octanol–water partition coefficient (Wildman–Crippen LogP) is 2.76. The molecule has 0 saturated carbocycles. The van der Waals surface area contributed by atoms with E-state index < -0.39 is 5.54 Å². The Morgan fingerprint density at radius 2 is 2.32 bits per heavy atom. The molecule has 1 aliphatic heterocycles. The highest BCUT2D eigenvalue weighted by Gasteiger charge is 2.39. The van der Waals surface area contributed by atoms with Crippen LogP contribution >= 0.6 is 12.4 Å². The minimum Gasteiger partial charge on any atom is -0.324 e. The number of benzene rings is 1. The van der Waals surface area contributed by atoms with Crippen molar-refractivity contribution in [3.8, 4) is 5.69 Å². The van der Waals surface area contributed by atoms with Gasteiger partial charge in [0.25, 0.3) is 0 Å². The fourth-order valence-corrected chi connectivity index (χ4v) is 2.86. The van der Waals surface area contributed by atoms with Gasteiger partial charge in [0.2, 0.25) is 5.91 Å². The molecule has 0 aliphatic carbocycles. The molecule has 1 aliphatic rings. The van der Waals surface area contributed by atoms with Gasteiger partial charge >= 0.3 is 0 Å². The van der Waals surface area contributed by atoms with Gasteiger partial charge in [-0.15, -0.1) is 12.4 Å². The number of hydrogen-bond acceptors (Lipinski definition) is 3. The largest absolute Gasteiger partial charge is 0.324 e. The summed E-state index contributed by atoms with van der Waals surface area (Å²) < 4.78 is 1.78. The first-order chi connectivity index (χ1) is 10.2. The van der Waals surface area contributed by atoms with Crippen LogP contribution in [0, 0.1) is 0 Å². The minimum atomic E-state index is -0.415. The molecule has 1 aromatic heterocycles. The van der Waals surface area contributed by atoms with Gasteiger partial charge in [-0.25, -0.2) is 4.68 Å². The van der Waals surface area contributed by atoms with Crippen LogP contribution in [0.4, 0.5) is 5.69 Å². The van der Waals surface area contributed by atoms with Crippen molar-refractivity contribution in [2.45, 2.75) is 31.7 Å². The summed E-state index contributed by atoms with van der Waals surface area (Å²) in [5, 5.41) is 10.6. The van der Waals surface area contributed by atoms with Crippen molar-refractivity contribution in [3.05, 3.63) is 42.7 Å². The molecule has 0 spiro atoms. The van der Waals surface area contributed by atoms with Crippen LogP contribution in [0.2, 0.25) is 0 Å². The summed E-state index contributed by atoms with van der Waals surface area (Å²) >= 11 is 0. The van der Waals surface area contributed by atoms with E-state index >= 15 is 0 Å². The maximum atomic E-state index is 12.6. The fourth-order valence-electron chi connectivity index (χ4n) is 2.86. The molecule has 1 amide bonds. The third kappa shape index (κ3) is 3.15. The lowest BCUT2D eigenvalue weighted by Crippen LogP contribution is -2.50. The van der Waals surface area contributed by atoms with Gasteiger partial charge in [-0.3, -0.25) is 4.79 Å². The molecule has 2 heterocycles. The van der Waals surface area contributed by atoms with Crippen molar-refractivity contribution >= 4 is 24.0 Å². The number of nitrogens with zero attached hydrogens (tertiary/aromatic N) is 2. The van der Waals surface area contributed by atoms with E-state index in [0.717, 1.165) is 37.2 Å². The highest BCUT2D eigenvalue weighted by molar-refractivity contribution is 5.98. The van der Waals surface area contributed by atoms with Gasteiger partial charge in [-0.1, -0.05) is 13.0 Å². The third-order valence-electron chi connectivity index (χ3n) is 4.15. The first-order valence-corrected chi connectivity index (χ1v) is 7.40. The van der Waals surface area contributed by atoms with Crippen LogP contribution < -0.4 is 10.6 Å². The molecule has 1 saturated heterocycles. The van der Waals surface area contributed by atoms with E-state index in [2.05, 4.69) is 22.7 Å². The first kappa shape index (κ1) is 16.5. The van der Waals surface area contributed by atoms with E-state index in [1.807, 2.05) is 36.5 Å². The van der Waals surface area contributed by atoms with Crippen molar-refractivity contribution in [2.24, 2.45) is 0 Å². The number of halogens is 1. The standard InChI is InChI=1S/C16H20N4O.ClH/c1-2-16(8-4-9-17-16)15(21)19-13-6-3-7-14(12-13)20-11-5-10-18-20;/h3,5-7,10-12,17H,2,4,8-9H2,1H3,(H,19,21);1H. The highest BCUT2D eigenvalue weighted by Crippen LogP contribution is 2.25. The average molecular weight is 321 g/mol. The van der Waals surface area contributed by atoms with E-state index in [4.69, 9.17) is 0 Å². The molecule has 1 unspecified atom stereocenters. The topological polar surface area (TPSA) is 59.0 Å². The molecular formula is C16H21ClN4O. The summed E-state index contributed by atoms with van der Waals surface area (Å²) in [6, 6.07) is 9.60. The van der Waals surface area contributed by atoms with Gasteiger partial charge in [-0.05, 0) is 50.1 Å². The Labute approximate surface area is 136 Å². The zero-order valence-electron chi connectivity index (χ0n) is 12.6. The molecule has 1 aromatic carbocycles. The Bertz CT molecular complexity index is 621. The lowest BCUT2D eigenvalue weighted by molar-refractivity contribution is -0.122. The third-order valence-corrected chi connectivity index (χ3v) is 4.15. The minimum absolute atomic E-state index is 0. The van der Waals surface area contributed by atoms with Crippen LogP contribution in [0.1, 0.15) is 26.2 Å². The van der Waals surface area contributed by atoms with E-state index in [1.54, 1.807) is 10.9 Å². The number of aromatic nitrogens is 2. The van der Waals surface area contributed by atoms with Crippen molar-refractivity contribution < 1.29 is 4.79 Å². The van der Waals surface area contributed by atoms with Gasteiger partial charge in [-0.2, -0.15) is 5.10 Å². The smallest absolute Gasteiger partial charge is 0.244 e. The molecule has 5 nitrogen and oxygen atoms in total. The monoisotopic (exact) mass is 320 g/mol. The maximum Gasteiger partial charge on any atom is 0.244 e. The van der Waals surface area contributed by atoms with Gasteiger partial charge in [0.15, 0.2) is 0 Å². The zero-order valence-corrected chi connectivity index (χ0v) is 13.4. The number of carbonyl (C=O) groups excluding carboxylic acids is 1.